The van der Waals surface area contributed by atoms with Gasteiger partial charge in [0.25, 0.3) is 5.69 Å². The fourth-order valence-corrected chi connectivity index (χ4v) is 3.40. The van der Waals surface area contributed by atoms with Crippen LogP contribution in [0, 0.1) is 13.7 Å². The Labute approximate surface area is 169 Å². The highest BCUT2D eigenvalue weighted by Gasteiger charge is 2.42. The molecule has 0 spiro atoms. The van der Waals surface area contributed by atoms with E-state index < -0.39 is 59.0 Å². The Morgan fingerprint density at radius 1 is 1.25 bits per heavy atom. The van der Waals surface area contributed by atoms with Crippen molar-refractivity contribution in [3.8, 4) is 0 Å². The maximum absolute atomic E-state index is 13.6. The molecule has 13 heteroatoms. The number of hydrogen-bond donors (Lipinski definition) is 0. The topological polar surface area (TPSA) is 108 Å². The van der Waals surface area contributed by atoms with Crippen molar-refractivity contribution in [2.24, 2.45) is 0 Å². The number of carbonyl (C=O) groups excluding carboxylic acids is 2. The molecule has 152 valence electrons. The van der Waals surface area contributed by atoms with Crippen molar-refractivity contribution in [3.05, 3.63) is 42.7 Å². The Morgan fingerprint density at radius 3 is 2.36 bits per heavy atom. The van der Waals surface area contributed by atoms with Crippen molar-refractivity contribution >= 4 is 45.9 Å². The van der Waals surface area contributed by atoms with Gasteiger partial charge in [0.05, 0.1) is 42.6 Å². The van der Waals surface area contributed by atoms with E-state index in [4.69, 9.17) is 4.74 Å². The molecule has 0 unspecified atom stereocenters. The fraction of sp³-hybridized carbons (Fsp3) is 0.333. The smallest absolute Gasteiger partial charge is 0.418 e. The Balaban J connectivity index is 2.82. The van der Waals surface area contributed by atoms with Crippen LogP contribution < -0.4 is 4.90 Å². The van der Waals surface area contributed by atoms with E-state index in [1.165, 1.54) is 22.6 Å². The number of carbonyl (C=O) groups is 2. The average molecular weight is 516 g/mol. The zero-order valence-electron chi connectivity index (χ0n) is 14.3. The molecule has 0 atom stereocenters. The van der Waals surface area contributed by atoms with Crippen molar-refractivity contribution in [1.29, 1.82) is 0 Å². The number of benzene rings is 1. The van der Waals surface area contributed by atoms with Crippen molar-refractivity contribution in [3.63, 3.8) is 0 Å². The van der Waals surface area contributed by atoms with Crippen LogP contribution in [0.1, 0.15) is 5.56 Å². The van der Waals surface area contributed by atoms with E-state index in [-0.39, 0.29) is 9.14 Å². The van der Waals surface area contributed by atoms with Crippen LogP contribution in [-0.2, 0) is 30.0 Å². The second kappa shape index (κ2) is 8.30. The summed E-state index contributed by atoms with van der Waals surface area (Å²) in [6.07, 6.45) is -4.99. The number of anilines is 1. The van der Waals surface area contributed by atoms with Gasteiger partial charge >= 0.3 is 18.1 Å². The molecule has 0 radical (unpaired) electrons. The van der Waals surface area contributed by atoms with Crippen LogP contribution in [0.5, 0.6) is 0 Å². The predicted molar refractivity (Wildman–Crippen MR) is 95.2 cm³/mol. The lowest BCUT2D eigenvalue weighted by Gasteiger charge is -2.33. The summed E-state index contributed by atoms with van der Waals surface area (Å²) in [5, 5.41) is 11.0. The van der Waals surface area contributed by atoms with Gasteiger partial charge in [-0.25, -0.2) is 9.59 Å². The molecule has 1 aromatic carbocycles. The maximum Gasteiger partial charge on any atom is 0.418 e. The summed E-state index contributed by atoms with van der Waals surface area (Å²) in [7, 11) is 2.02. The lowest BCUT2D eigenvalue weighted by Crippen LogP contribution is -2.40. The lowest BCUT2D eigenvalue weighted by molar-refractivity contribution is -0.385. The molecule has 0 aromatic heterocycles. The third-order valence-electron chi connectivity index (χ3n) is 3.67. The molecule has 0 saturated heterocycles. The van der Waals surface area contributed by atoms with Crippen molar-refractivity contribution in [2.75, 3.05) is 32.5 Å². The summed E-state index contributed by atoms with van der Waals surface area (Å²) in [6.45, 7) is -0.916. The summed E-state index contributed by atoms with van der Waals surface area (Å²) < 4.78 is 55.0. The second-order valence-corrected chi connectivity index (χ2v) is 6.46. The molecule has 1 aliphatic rings. The van der Waals surface area contributed by atoms with Crippen molar-refractivity contribution in [2.45, 2.75) is 6.18 Å². The Hall–Kier alpha value is -2.42. The molecular formula is C15H12F3IN2O7. The van der Waals surface area contributed by atoms with E-state index in [1.54, 1.807) is 0 Å². The molecule has 1 aliphatic heterocycles. The number of esters is 2. The summed E-state index contributed by atoms with van der Waals surface area (Å²) in [6, 6.07) is 1.26. The molecule has 0 bridgehead atoms. The van der Waals surface area contributed by atoms with Crippen LogP contribution >= 0.6 is 22.6 Å². The summed E-state index contributed by atoms with van der Waals surface area (Å²) >= 11 is 1.47. The minimum atomic E-state index is -4.99. The van der Waals surface area contributed by atoms with Gasteiger partial charge in [-0.05, 0) is 22.6 Å². The second-order valence-electron chi connectivity index (χ2n) is 5.29. The van der Waals surface area contributed by atoms with Crippen LogP contribution in [0.15, 0.2) is 23.4 Å². The molecule has 0 N–H and O–H groups in total. The summed E-state index contributed by atoms with van der Waals surface area (Å²) in [5.74, 6) is -2.08. The Kier molecular flexibility index (Phi) is 6.48. The highest BCUT2D eigenvalue weighted by molar-refractivity contribution is 14.1. The number of rotatable bonds is 4. The van der Waals surface area contributed by atoms with Crippen LogP contribution in [0.2, 0.25) is 0 Å². The average Bonchev–Trinajstić information content (AvgIpc) is 2.64. The highest BCUT2D eigenvalue weighted by atomic mass is 127. The number of methoxy groups -OCH3 is 2. The Bertz CT molecular complexity index is 870. The van der Waals surface area contributed by atoms with Gasteiger partial charge in [0, 0.05) is 15.7 Å². The van der Waals surface area contributed by atoms with Gasteiger partial charge in [-0.1, -0.05) is 0 Å². The van der Waals surface area contributed by atoms with Gasteiger partial charge in [-0.15, -0.1) is 0 Å². The van der Waals surface area contributed by atoms with Crippen LogP contribution in [0.4, 0.5) is 24.5 Å². The minimum absolute atomic E-state index is 0.185. The summed E-state index contributed by atoms with van der Waals surface area (Å²) in [5.41, 5.74) is -3.58. The van der Waals surface area contributed by atoms with Gasteiger partial charge in [0.1, 0.15) is 12.4 Å². The highest BCUT2D eigenvalue weighted by Crippen LogP contribution is 2.43. The van der Waals surface area contributed by atoms with Gasteiger partial charge in [-0.2, -0.15) is 13.2 Å². The minimum Gasteiger partial charge on any atom is -0.466 e. The van der Waals surface area contributed by atoms with E-state index in [0.717, 1.165) is 25.2 Å². The Morgan fingerprint density at radius 2 is 1.86 bits per heavy atom. The maximum atomic E-state index is 13.6. The third-order valence-corrected chi connectivity index (χ3v) is 4.49. The van der Waals surface area contributed by atoms with Gasteiger partial charge in [0.2, 0.25) is 0 Å². The predicted octanol–water partition coefficient (Wildman–Crippen LogP) is 2.61. The SMILES string of the molecule is COC(=O)C1=C(C(=O)OC)N(c2c(I)cc([N+](=O)[O-])cc2C(F)(F)F)COC1. The third kappa shape index (κ3) is 4.19. The number of nitro benzene ring substituents is 1. The largest absolute Gasteiger partial charge is 0.466 e. The number of nitro groups is 1. The zero-order chi connectivity index (χ0) is 21.2. The number of ether oxygens (including phenoxy) is 3. The van der Waals surface area contributed by atoms with Crippen LogP contribution in [0.3, 0.4) is 0 Å². The van der Waals surface area contributed by atoms with E-state index >= 15 is 0 Å². The fourth-order valence-electron chi connectivity index (χ4n) is 2.50. The first kappa shape index (κ1) is 21.9. The molecule has 0 aliphatic carbocycles. The molecular weight excluding hydrogens is 504 g/mol. The quantitative estimate of drug-likeness (QED) is 0.260. The van der Waals surface area contributed by atoms with Crippen molar-refractivity contribution in [1.82, 2.24) is 0 Å². The molecule has 9 nitrogen and oxygen atoms in total. The summed E-state index contributed by atoms with van der Waals surface area (Å²) in [4.78, 5) is 35.0. The molecule has 1 heterocycles. The number of halogens is 4. The van der Waals surface area contributed by atoms with E-state index in [2.05, 4.69) is 9.47 Å². The number of nitrogens with zero attached hydrogens (tertiary/aromatic N) is 2. The normalized spacial score (nSPS) is 14.7. The number of hydrogen-bond acceptors (Lipinski definition) is 8. The first-order valence-corrected chi connectivity index (χ1v) is 8.41. The lowest BCUT2D eigenvalue weighted by atomic mass is 10.1. The van der Waals surface area contributed by atoms with Gasteiger partial charge in [-0.3, -0.25) is 10.1 Å². The van der Waals surface area contributed by atoms with Crippen LogP contribution in [0.25, 0.3) is 0 Å². The first-order valence-electron chi connectivity index (χ1n) is 7.33. The molecule has 0 amide bonds. The van der Waals surface area contributed by atoms with Crippen LogP contribution in [-0.4, -0.2) is 44.4 Å². The standard InChI is InChI=1S/C15H12F3IN2O7/c1-26-13(22)8-5-28-6-20(11(8)14(23)27-2)12-9(15(16,17)18)3-7(21(24)25)4-10(12)19/h3-4H,5-6H2,1-2H3. The van der Waals surface area contributed by atoms with Crippen molar-refractivity contribution < 1.29 is 41.9 Å². The molecule has 28 heavy (non-hydrogen) atoms. The number of alkyl halides is 3. The number of non-ortho nitro benzene ring substituents is 1. The molecule has 0 saturated carbocycles. The molecule has 1 aromatic rings. The van der Waals surface area contributed by atoms with E-state index in [0.29, 0.717) is 6.07 Å². The monoisotopic (exact) mass is 516 g/mol. The molecule has 2 rings (SSSR count). The van der Waals surface area contributed by atoms with Gasteiger partial charge < -0.3 is 19.1 Å². The first-order chi connectivity index (χ1) is 13.0. The van der Waals surface area contributed by atoms with E-state index in [9.17, 15) is 32.9 Å². The zero-order valence-corrected chi connectivity index (χ0v) is 16.5. The molecule has 0 fully saturated rings. The van der Waals surface area contributed by atoms with Gasteiger partial charge in [0.15, 0.2) is 0 Å². The van der Waals surface area contributed by atoms with E-state index in [1.807, 2.05) is 0 Å².